The molecule has 1 fully saturated rings. The van der Waals surface area contributed by atoms with Gasteiger partial charge in [0.2, 0.25) is 5.88 Å². The predicted molar refractivity (Wildman–Crippen MR) is 166 cm³/mol. The maximum absolute atomic E-state index is 14.1. The first kappa shape index (κ1) is 34.5. The number of Topliss-reactive ketones (excluding diaryl/α,β-unsaturated/α-hetero) is 2. The smallest absolute Gasteiger partial charge is 0.213 e. The highest BCUT2D eigenvalue weighted by Gasteiger charge is 2.31. The number of rotatable bonds is 20. The fourth-order valence-corrected chi connectivity index (χ4v) is 4.87. The zero-order chi connectivity index (χ0) is 31.4. The molecule has 1 aromatic carbocycles. The molecule has 1 heterocycles. The van der Waals surface area contributed by atoms with Crippen molar-refractivity contribution in [3.63, 3.8) is 0 Å². The van der Waals surface area contributed by atoms with Crippen molar-refractivity contribution in [1.29, 1.82) is 0 Å². The Morgan fingerprint density at radius 2 is 1.72 bits per heavy atom. The van der Waals surface area contributed by atoms with Crippen molar-refractivity contribution in [2.45, 2.75) is 104 Å². The number of ether oxygens (including phenoxy) is 3. The maximum atomic E-state index is 14.1. The van der Waals surface area contributed by atoms with Crippen LogP contribution in [-0.4, -0.2) is 60.5 Å². The number of aryl methyl sites for hydroxylation is 1. The average Bonchev–Trinajstić information content (AvgIpc) is 2.95. The summed E-state index contributed by atoms with van der Waals surface area (Å²) < 4.78 is 31.5. The first-order valence-corrected chi connectivity index (χ1v) is 15.7. The van der Waals surface area contributed by atoms with E-state index in [1.165, 1.54) is 6.07 Å². The fraction of sp³-hybridized carbons (Fsp3) is 0.618. The Hall–Kier alpha value is -3.04. The van der Waals surface area contributed by atoms with Crippen LogP contribution in [0, 0.1) is 17.7 Å². The van der Waals surface area contributed by atoms with Crippen LogP contribution < -0.4 is 24.8 Å². The summed E-state index contributed by atoms with van der Waals surface area (Å²) in [5, 5.41) is 6.92. The second-order valence-electron chi connectivity index (χ2n) is 12.4. The van der Waals surface area contributed by atoms with Gasteiger partial charge in [0.15, 0.2) is 5.78 Å². The number of carbonyl (C=O) groups is 2. The van der Waals surface area contributed by atoms with Crippen molar-refractivity contribution < 1.29 is 28.2 Å². The highest BCUT2D eigenvalue weighted by molar-refractivity contribution is 5.82. The van der Waals surface area contributed by atoms with Crippen molar-refractivity contribution in [2.75, 3.05) is 19.8 Å². The van der Waals surface area contributed by atoms with E-state index >= 15 is 0 Å². The van der Waals surface area contributed by atoms with Crippen LogP contribution in [0.4, 0.5) is 4.39 Å². The van der Waals surface area contributed by atoms with E-state index in [1.54, 1.807) is 30.5 Å². The lowest BCUT2D eigenvalue weighted by Gasteiger charge is -2.36. The molecule has 1 aromatic heterocycles. The normalized spacial score (nSPS) is 17.8. The summed E-state index contributed by atoms with van der Waals surface area (Å²) in [6.07, 6.45) is 6.01. The van der Waals surface area contributed by atoms with Crippen LogP contribution in [0.15, 0.2) is 36.5 Å². The van der Waals surface area contributed by atoms with Crippen LogP contribution in [0.3, 0.4) is 0 Å². The molecule has 2 atom stereocenters. The third-order valence-corrected chi connectivity index (χ3v) is 7.79. The Kier molecular flexibility index (Phi) is 13.9. The molecular weight excluding hydrogens is 549 g/mol. The van der Waals surface area contributed by atoms with E-state index in [0.29, 0.717) is 61.0 Å². The van der Waals surface area contributed by atoms with Gasteiger partial charge in [-0.1, -0.05) is 34.6 Å². The number of benzene rings is 1. The van der Waals surface area contributed by atoms with Gasteiger partial charge in [-0.2, -0.15) is 0 Å². The highest BCUT2D eigenvalue weighted by Crippen LogP contribution is 2.26. The summed E-state index contributed by atoms with van der Waals surface area (Å²) >= 11 is 0. The van der Waals surface area contributed by atoms with E-state index in [4.69, 9.17) is 14.2 Å². The molecule has 2 N–H and O–H groups in total. The van der Waals surface area contributed by atoms with Crippen LogP contribution in [0.25, 0.3) is 0 Å². The summed E-state index contributed by atoms with van der Waals surface area (Å²) in [6, 6.07) is 9.43. The molecule has 43 heavy (non-hydrogen) atoms. The summed E-state index contributed by atoms with van der Waals surface area (Å²) in [7, 11) is 0. The van der Waals surface area contributed by atoms with E-state index in [2.05, 4.69) is 36.4 Å². The second-order valence-corrected chi connectivity index (χ2v) is 12.4. The number of carbonyl (C=O) groups excluding carboxylic acids is 2. The summed E-state index contributed by atoms with van der Waals surface area (Å²) in [5.41, 5.74) is 0.495. The number of nitrogens with zero attached hydrogens (tertiary/aromatic N) is 1. The van der Waals surface area contributed by atoms with Gasteiger partial charge >= 0.3 is 0 Å². The lowest BCUT2D eigenvalue weighted by atomic mass is 9.89. The number of hydrogen-bond acceptors (Lipinski definition) is 8. The molecular formula is C34H50FN3O5. The van der Waals surface area contributed by atoms with Gasteiger partial charge in [-0.05, 0) is 68.9 Å². The molecule has 3 rings (SSSR count). The summed E-state index contributed by atoms with van der Waals surface area (Å²) in [6.45, 7) is 13.1. The SMILES string of the molecule is CC(C)NC1CC(Oc2ccc(OCC(=O)C(C)CCC(C)NCCOc3ccc(F)c(CCC(=O)C(C)C)c3)cn2)C1. The maximum Gasteiger partial charge on any atom is 0.213 e. The van der Waals surface area contributed by atoms with Crippen molar-refractivity contribution in [3.8, 4) is 17.4 Å². The molecule has 0 radical (unpaired) electrons. The van der Waals surface area contributed by atoms with Gasteiger partial charge in [-0.15, -0.1) is 0 Å². The topological polar surface area (TPSA) is 98.8 Å². The zero-order valence-electron chi connectivity index (χ0n) is 26.7. The standard InChI is InChI=1S/C34H50FN3O5/c1-22(2)32(39)13-9-26-17-28(10-12-31(26)35)41-16-15-36-25(6)8-7-24(5)33(40)21-42-29-11-14-34(37-20-29)43-30-18-27(19-30)38-23(3)4/h10-12,14,17,20,22-25,27,30,36,38H,7-9,13,15-16,18-19,21H2,1-6H3. The van der Waals surface area contributed by atoms with E-state index < -0.39 is 0 Å². The minimum absolute atomic E-state index is 0.00909. The fourth-order valence-electron chi connectivity index (χ4n) is 4.87. The van der Waals surface area contributed by atoms with Crippen LogP contribution in [0.2, 0.25) is 0 Å². The Bertz CT molecular complexity index is 1150. The minimum Gasteiger partial charge on any atom is -0.492 e. The number of nitrogens with one attached hydrogen (secondary N) is 2. The van der Waals surface area contributed by atoms with Gasteiger partial charge < -0.3 is 24.8 Å². The number of pyridine rings is 1. The Balaban J connectivity index is 1.27. The molecule has 2 unspecified atom stereocenters. The third-order valence-electron chi connectivity index (χ3n) is 7.79. The van der Waals surface area contributed by atoms with Gasteiger partial charge in [0, 0.05) is 49.0 Å². The quantitative estimate of drug-likeness (QED) is 0.187. The van der Waals surface area contributed by atoms with Crippen molar-refractivity contribution in [1.82, 2.24) is 15.6 Å². The Morgan fingerprint density at radius 3 is 2.40 bits per heavy atom. The lowest BCUT2D eigenvalue weighted by molar-refractivity contribution is -0.124. The third kappa shape index (κ3) is 12.2. The summed E-state index contributed by atoms with van der Waals surface area (Å²) in [4.78, 5) is 28.8. The van der Waals surface area contributed by atoms with Crippen molar-refractivity contribution >= 4 is 11.6 Å². The lowest BCUT2D eigenvalue weighted by Crippen LogP contribution is -2.49. The largest absolute Gasteiger partial charge is 0.492 e. The average molecular weight is 600 g/mol. The van der Waals surface area contributed by atoms with Gasteiger partial charge in [-0.3, -0.25) is 9.59 Å². The summed E-state index contributed by atoms with van der Waals surface area (Å²) in [5.74, 6) is 1.39. The van der Waals surface area contributed by atoms with Crippen LogP contribution in [0.1, 0.15) is 79.2 Å². The van der Waals surface area contributed by atoms with Gasteiger partial charge in [0.05, 0.1) is 6.20 Å². The predicted octanol–water partition coefficient (Wildman–Crippen LogP) is 5.71. The molecule has 2 aromatic rings. The van der Waals surface area contributed by atoms with Crippen LogP contribution in [-0.2, 0) is 16.0 Å². The van der Waals surface area contributed by atoms with Gasteiger partial charge in [0.1, 0.15) is 42.4 Å². The van der Waals surface area contributed by atoms with E-state index in [1.807, 2.05) is 20.8 Å². The number of ketones is 2. The molecule has 0 amide bonds. The molecule has 0 aliphatic heterocycles. The van der Waals surface area contributed by atoms with Crippen LogP contribution >= 0.6 is 0 Å². The molecule has 9 heteroatoms. The van der Waals surface area contributed by atoms with Gasteiger partial charge in [0.25, 0.3) is 0 Å². The molecule has 238 valence electrons. The molecule has 0 spiro atoms. The molecule has 8 nitrogen and oxygen atoms in total. The molecule has 1 aliphatic carbocycles. The van der Waals surface area contributed by atoms with Crippen molar-refractivity contribution in [3.05, 3.63) is 47.9 Å². The second kappa shape index (κ2) is 17.3. The van der Waals surface area contributed by atoms with Crippen molar-refractivity contribution in [2.24, 2.45) is 11.8 Å². The molecule has 0 saturated heterocycles. The first-order chi connectivity index (χ1) is 20.5. The zero-order valence-corrected chi connectivity index (χ0v) is 26.7. The number of hydrogen-bond donors (Lipinski definition) is 2. The van der Waals surface area contributed by atoms with E-state index in [9.17, 15) is 14.0 Å². The Morgan fingerprint density at radius 1 is 0.977 bits per heavy atom. The minimum atomic E-state index is -0.318. The Labute approximate surface area is 256 Å². The van der Waals surface area contributed by atoms with E-state index in [-0.39, 0.29) is 48.0 Å². The molecule has 1 aliphatic rings. The number of aromatic nitrogens is 1. The molecule has 0 bridgehead atoms. The molecule has 1 saturated carbocycles. The number of halogens is 1. The van der Waals surface area contributed by atoms with Gasteiger partial charge in [-0.25, -0.2) is 9.37 Å². The monoisotopic (exact) mass is 599 g/mol. The van der Waals surface area contributed by atoms with Crippen LogP contribution in [0.5, 0.6) is 17.4 Å². The highest BCUT2D eigenvalue weighted by atomic mass is 19.1. The first-order valence-electron chi connectivity index (χ1n) is 15.7. The van der Waals surface area contributed by atoms with E-state index in [0.717, 1.165) is 25.7 Å².